The highest BCUT2D eigenvalue weighted by molar-refractivity contribution is 5.72. The van der Waals surface area contributed by atoms with Crippen LogP contribution in [0.5, 0.6) is 0 Å². The third-order valence-corrected chi connectivity index (χ3v) is 2.88. The summed E-state index contributed by atoms with van der Waals surface area (Å²) in [6, 6.07) is 15.3. The van der Waals surface area contributed by atoms with Crippen LogP contribution in [0.1, 0.15) is 5.56 Å². The molecule has 5 heteroatoms. The average Bonchev–Trinajstić information content (AvgIpc) is 2.48. The SMILES string of the molecule is N#C/C(NN)=C(/N)c1ccc(-c2cccc(F)c2)cc1. The van der Waals surface area contributed by atoms with E-state index in [2.05, 4.69) is 5.43 Å². The fourth-order valence-corrected chi connectivity index (χ4v) is 1.82. The first-order chi connectivity index (χ1) is 9.65. The minimum absolute atomic E-state index is 0.100. The Labute approximate surface area is 116 Å². The maximum absolute atomic E-state index is 13.2. The normalized spacial score (nSPS) is 11.4. The van der Waals surface area contributed by atoms with Crippen molar-refractivity contribution in [2.45, 2.75) is 0 Å². The Morgan fingerprint density at radius 2 is 1.80 bits per heavy atom. The van der Waals surface area contributed by atoms with E-state index >= 15 is 0 Å². The first-order valence-corrected chi connectivity index (χ1v) is 5.88. The molecule has 0 bridgehead atoms. The summed E-state index contributed by atoms with van der Waals surface area (Å²) >= 11 is 0. The molecule has 0 unspecified atom stereocenters. The van der Waals surface area contributed by atoms with Crippen molar-refractivity contribution in [3.8, 4) is 17.2 Å². The summed E-state index contributed by atoms with van der Waals surface area (Å²) in [6.07, 6.45) is 0. The summed E-state index contributed by atoms with van der Waals surface area (Å²) < 4.78 is 13.2. The largest absolute Gasteiger partial charge is 0.396 e. The highest BCUT2D eigenvalue weighted by Crippen LogP contribution is 2.22. The van der Waals surface area contributed by atoms with Crippen LogP contribution in [0.4, 0.5) is 4.39 Å². The lowest BCUT2D eigenvalue weighted by Crippen LogP contribution is -2.23. The Kier molecular flexibility index (Phi) is 3.99. The topological polar surface area (TPSA) is 87.9 Å². The second-order valence-electron chi connectivity index (χ2n) is 4.13. The van der Waals surface area contributed by atoms with Crippen molar-refractivity contribution < 1.29 is 4.39 Å². The fourth-order valence-electron chi connectivity index (χ4n) is 1.82. The van der Waals surface area contributed by atoms with Gasteiger partial charge in [0.2, 0.25) is 0 Å². The molecule has 0 aliphatic carbocycles. The summed E-state index contributed by atoms with van der Waals surface area (Å²) in [5, 5.41) is 8.85. The smallest absolute Gasteiger partial charge is 0.151 e. The lowest BCUT2D eigenvalue weighted by atomic mass is 10.0. The van der Waals surface area contributed by atoms with E-state index in [0.717, 1.165) is 11.1 Å². The summed E-state index contributed by atoms with van der Waals surface area (Å²) in [5.41, 5.74) is 10.7. The third kappa shape index (κ3) is 2.76. The molecule has 0 radical (unpaired) electrons. The monoisotopic (exact) mass is 268 g/mol. The Balaban J connectivity index is 2.37. The number of rotatable bonds is 3. The van der Waals surface area contributed by atoms with Crippen molar-refractivity contribution in [1.29, 1.82) is 5.26 Å². The highest BCUT2D eigenvalue weighted by Gasteiger charge is 2.05. The molecular formula is C15H13FN4. The number of nitrogens with two attached hydrogens (primary N) is 2. The number of nitriles is 1. The first-order valence-electron chi connectivity index (χ1n) is 5.88. The van der Waals surface area contributed by atoms with Gasteiger partial charge in [-0.3, -0.25) is 0 Å². The van der Waals surface area contributed by atoms with E-state index in [0.29, 0.717) is 5.56 Å². The lowest BCUT2D eigenvalue weighted by molar-refractivity contribution is 0.628. The molecule has 5 N–H and O–H groups in total. The van der Waals surface area contributed by atoms with Crippen molar-refractivity contribution in [1.82, 2.24) is 5.43 Å². The molecule has 20 heavy (non-hydrogen) atoms. The van der Waals surface area contributed by atoms with Gasteiger partial charge in [-0.25, -0.2) is 10.2 Å². The van der Waals surface area contributed by atoms with E-state index in [9.17, 15) is 4.39 Å². The minimum atomic E-state index is -0.287. The van der Waals surface area contributed by atoms with Gasteiger partial charge in [0, 0.05) is 5.56 Å². The Hall–Kier alpha value is -2.84. The van der Waals surface area contributed by atoms with Crippen LogP contribution < -0.4 is 17.0 Å². The first kappa shape index (κ1) is 13.6. The van der Waals surface area contributed by atoms with Gasteiger partial charge in [-0.2, -0.15) is 5.26 Å². The molecule has 0 aliphatic rings. The Bertz CT molecular complexity index is 684. The van der Waals surface area contributed by atoms with E-state index in [1.54, 1.807) is 18.2 Å². The molecular weight excluding hydrogens is 255 g/mol. The third-order valence-electron chi connectivity index (χ3n) is 2.88. The van der Waals surface area contributed by atoms with Gasteiger partial charge < -0.3 is 11.2 Å². The molecule has 0 amide bonds. The molecule has 2 aromatic carbocycles. The molecule has 4 nitrogen and oxygen atoms in total. The zero-order chi connectivity index (χ0) is 14.5. The number of hydrazine groups is 1. The van der Waals surface area contributed by atoms with E-state index < -0.39 is 0 Å². The van der Waals surface area contributed by atoms with E-state index in [1.165, 1.54) is 12.1 Å². The van der Waals surface area contributed by atoms with Gasteiger partial charge in [0.15, 0.2) is 5.70 Å². The van der Waals surface area contributed by atoms with Crippen LogP contribution >= 0.6 is 0 Å². The predicted molar refractivity (Wildman–Crippen MR) is 75.9 cm³/mol. The molecule has 0 saturated heterocycles. The second kappa shape index (κ2) is 5.87. The van der Waals surface area contributed by atoms with E-state index in [-0.39, 0.29) is 17.2 Å². The molecule has 0 fully saturated rings. The molecule has 100 valence electrons. The number of allylic oxidation sites excluding steroid dienone is 1. The molecule has 2 rings (SSSR count). The minimum Gasteiger partial charge on any atom is -0.396 e. The number of hydrogen-bond donors (Lipinski definition) is 3. The van der Waals surface area contributed by atoms with Crippen molar-refractivity contribution >= 4 is 5.70 Å². The highest BCUT2D eigenvalue weighted by atomic mass is 19.1. The van der Waals surface area contributed by atoms with E-state index in [4.69, 9.17) is 16.8 Å². The zero-order valence-corrected chi connectivity index (χ0v) is 10.6. The molecule has 0 aromatic heterocycles. The van der Waals surface area contributed by atoms with Crippen LogP contribution in [-0.2, 0) is 0 Å². The number of hydrogen-bond acceptors (Lipinski definition) is 4. The summed E-state index contributed by atoms with van der Waals surface area (Å²) in [5.74, 6) is 4.92. The quantitative estimate of drug-likeness (QED) is 0.452. The van der Waals surface area contributed by atoms with Gasteiger partial charge in [0.25, 0.3) is 0 Å². The number of halogens is 1. The fraction of sp³-hybridized carbons (Fsp3) is 0. The summed E-state index contributed by atoms with van der Waals surface area (Å²) in [6.45, 7) is 0. The van der Waals surface area contributed by atoms with Crippen LogP contribution in [0.15, 0.2) is 54.2 Å². The Morgan fingerprint density at radius 3 is 2.35 bits per heavy atom. The molecule has 2 aromatic rings. The maximum Gasteiger partial charge on any atom is 0.151 e. The molecule has 0 spiro atoms. The van der Waals surface area contributed by atoms with Crippen LogP contribution in [-0.4, -0.2) is 0 Å². The molecule has 0 heterocycles. The molecule has 0 aliphatic heterocycles. The Morgan fingerprint density at radius 1 is 1.10 bits per heavy atom. The van der Waals surface area contributed by atoms with Gasteiger partial charge in [-0.05, 0) is 23.3 Å². The van der Waals surface area contributed by atoms with Crippen molar-refractivity contribution in [3.05, 3.63) is 65.6 Å². The molecule has 0 atom stereocenters. The second-order valence-corrected chi connectivity index (χ2v) is 4.13. The van der Waals surface area contributed by atoms with Crippen molar-refractivity contribution in [2.75, 3.05) is 0 Å². The van der Waals surface area contributed by atoms with Gasteiger partial charge in [0.1, 0.15) is 11.9 Å². The lowest BCUT2D eigenvalue weighted by Gasteiger charge is -2.07. The van der Waals surface area contributed by atoms with Crippen LogP contribution in [0, 0.1) is 17.1 Å². The average molecular weight is 268 g/mol. The predicted octanol–water partition coefficient (Wildman–Crippen LogP) is 2.11. The van der Waals surface area contributed by atoms with E-state index in [1.807, 2.05) is 24.3 Å². The van der Waals surface area contributed by atoms with Crippen LogP contribution in [0.25, 0.3) is 16.8 Å². The van der Waals surface area contributed by atoms with Crippen LogP contribution in [0.2, 0.25) is 0 Å². The standard InChI is InChI=1S/C15H13FN4/c16-13-3-1-2-12(8-13)10-4-6-11(7-5-10)15(18)14(9-17)20-19/h1-8,20H,18-19H2/b15-14-. The summed E-state index contributed by atoms with van der Waals surface area (Å²) in [4.78, 5) is 0. The summed E-state index contributed by atoms with van der Waals surface area (Å²) in [7, 11) is 0. The number of nitrogens with zero attached hydrogens (tertiary/aromatic N) is 1. The number of nitrogens with one attached hydrogen (secondary N) is 1. The van der Waals surface area contributed by atoms with Crippen molar-refractivity contribution in [2.24, 2.45) is 11.6 Å². The molecule has 0 saturated carbocycles. The van der Waals surface area contributed by atoms with Gasteiger partial charge in [0.05, 0.1) is 5.70 Å². The van der Waals surface area contributed by atoms with Crippen molar-refractivity contribution in [3.63, 3.8) is 0 Å². The number of benzene rings is 2. The van der Waals surface area contributed by atoms with Crippen LogP contribution in [0.3, 0.4) is 0 Å². The van der Waals surface area contributed by atoms with Gasteiger partial charge in [-0.15, -0.1) is 0 Å². The maximum atomic E-state index is 13.2. The van der Waals surface area contributed by atoms with Gasteiger partial charge in [-0.1, -0.05) is 36.4 Å². The zero-order valence-electron chi connectivity index (χ0n) is 10.6. The van der Waals surface area contributed by atoms with Gasteiger partial charge >= 0.3 is 0 Å².